The number of carbonyl (C=O) groups is 1. The summed E-state index contributed by atoms with van der Waals surface area (Å²) in [5, 5.41) is 14.0. The van der Waals surface area contributed by atoms with E-state index < -0.39 is 23.2 Å². The van der Waals surface area contributed by atoms with Gasteiger partial charge in [-0.05, 0) is 31.2 Å². The lowest BCUT2D eigenvalue weighted by atomic mass is 10.0. The number of benzene rings is 2. The quantitative estimate of drug-likeness (QED) is 0.569. The molecule has 0 spiro atoms. The van der Waals surface area contributed by atoms with Gasteiger partial charge in [0.1, 0.15) is 0 Å². The minimum Gasteiger partial charge on any atom is -0.333 e. The van der Waals surface area contributed by atoms with E-state index in [9.17, 15) is 18.4 Å². The summed E-state index contributed by atoms with van der Waals surface area (Å²) in [5.74, 6) is -2.51. The zero-order valence-corrected chi connectivity index (χ0v) is 15.0. The average Bonchev–Trinajstić information content (AvgIpc) is 3.16. The smallest absolute Gasteiger partial charge is 0.272 e. The summed E-state index contributed by atoms with van der Waals surface area (Å²) in [6.45, 7) is 1.69. The van der Waals surface area contributed by atoms with Gasteiger partial charge >= 0.3 is 0 Å². The molecule has 0 saturated heterocycles. The van der Waals surface area contributed by atoms with E-state index in [1.165, 1.54) is 4.90 Å². The van der Waals surface area contributed by atoms with Crippen molar-refractivity contribution in [2.45, 2.75) is 13.0 Å². The van der Waals surface area contributed by atoms with Crippen molar-refractivity contribution in [3.63, 3.8) is 0 Å². The zero-order valence-electron chi connectivity index (χ0n) is 15.0. The molecule has 7 nitrogen and oxygen atoms in total. The first kappa shape index (κ1) is 17.8. The molecule has 0 bridgehead atoms. The number of halogens is 2. The van der Waals surface area contributed by atoms with Crippen LogP contribution in [0, 0.1) is 11.6 Å². The van der Waals surface area contributed by atoms with E-state index in [1.807, 2.05) is 0 Å². The van der Waals surface area contributed by atoms with Gasteiger partial charge < -0.3 is 4.90 Å². The second kappa shape index (κ2) is 6.52. The molecular weight excluding hydrogens is 368 g/mol. The van der Waals surface area contributed by atoms with Crippen molar-refractivity contribution in [1.29, 1.82) is 0 Å². The number of rotatable bonds is 3. The third-order valence-electron chi connectivity index (χ3n) is 4.84. The van der Waals surface area contributed by atoms with Crippen LogP contribution in [-0.4, -0.2) is 38.2 Å². The predicted octanol–water partition coefficient (Wildman–Crippen LogP) is 2.91. The first-order valence-corrected chi connectivity index (χ1v) is 8.44. The Bertz CT molecular complexity index is 1280. The number of amides is 1. The molecule has 2 aromatic carbocycles. The fourth-order valence-corrected chi connectivity index (χ4v) is 3.13. The molecule has 1 unspecified atom stereocenters. The molecule has 0 aliphatic carbocycles. The number of nitrogens with one attached hydrogen (secondary N) is 2. The first-order chi connectivity index (χ1) is 13.4. The molecule has 2 aromatic heterocycles. The monoisotopic (exact) mass is 383 g/mol. The van der Waals surface area contributed by atoms with E-state index in [1.54, 1.807) is 38.4 Å². The van der Waals surface area contributed by atoms with Gasteiger partial charge in [-0.2, -0.15) is 10.2 Å². The number of fused-ring (bicyclic) bond motifs is 2. The molecule has 1 atom stereocenters. The van der Waals surface area contributed by atoms with Gasteiger partial charge in [0.25, 0.3) is 11.5 Å². The van der Waals surface area contributed by atoms with Gasteiger partial charge in [-0.25, -0.2) is 13.9 Å². The largest absolute Gasteiger partial charge is 0.333 e. The van der Waals surface area contributed by atoms with E-state index in [4.69, 9.17) is 0 Å². The number of H-pyrrole nitrogens is 2. The minimum atomic E-state index is -1.12. The third-order valence-corrected chi connectivity index (χ3v) is 4.84. The van der Waals surface area contributed by atoms with Crippen molar-refractivity contribution >= 4 is 27.6 Å². The van der Waals surface area contributed by atoms with Gasteiger partial charge in [0.05, 0.1) is 28.8 Å². The molecule has 4 rings (SSSR count). The minimum absolute atomic E-state index is 0.0320. The highest BCUT2D eigenvalue weighted by atomic mass is 19.2. The molecule has 0 radical (unpaired) electrons. The summed E-state index contributed by atoms with van der Waals surface area (Å²) in [5.41, 5.74) is 0.768. The molecular formula is C19H15F2N5O2. The third kappa shape index (κ3) is 2.81. The molecule has 1 amide bonds. The number of hydrogen-bond donors (Lipinski definition) is 2. The standard InChI is InChI=1S/C19H15F2N5O2/c1-9(17-12-6-14(20)15(21)7-13(12)18(27)25-24-17)26(2)19(28)10-3-4-11-8-22-23-16(11)5-10/h3-9H,1-2H3,(H,22,23)(H,25,27). The normalized spacial score (nSPS) is 12.4. The second-order valence-electron chi connectivity index (χ2n) is 6.51. The number of aromatic nitrogens is 4. The van der Waals surface area contributed by atoms with Crippen molar-refractivity contribution in [1.82, 2.24) is 25.3 Å². The number of hydrogen-bond acceptors (Lipinski definition) is 4. The summed E-state index contributed by atoms with van der Waals surface area (Å²) in [6, 6.07) is 6.27. The van der Waals surface area contributed by atoms with Crippen LogP contribution in [0.5, 0.6) is 0 Å². The maximum absolute atomic E-state index is 13.8. The van der Waals surface area contributed by atoms with E-state index in [-0.39, 0.29) is 22.4 Å². The number of carbonyl (C=O) groups excluding carboxylic acids is 1. The molecule has 0 aliphatic heterocycles. The molecule has 4 aromatic rings. The molecule has 0 aliphatic rings. The van der Waals surface area contributed by atoms with Crippen LogP contribution in [0.3, 0.4) is 0 Å². The summed E-state index contributed by atoms with van der Waals surface area (Å²) in [7, 11) is 1.57. The van der Waals surface area contributed by atoms with Crippen LogP contribution in [0.1, 0.15) is 29.0 Å². The Morgan fingerprint density at radius 3 is 2.57 bits per heavy atom. The molecule has 9 heteroatoms. The highest BCUT2D eigenvalue weighted by Gasteiger charge is 2.24. The van der Waals surface area contributed by atoms with E-state index in [0.717, 1.165) is 23.0 Å². The fraction of sp³-hybridized carbons (Fsp3) is 0.158. The Kier molecular flexibility index (Phi) is 4.14. The molecule has 28 heavy (non-hydrogen) atoms. The Morgan fingerprint density at radius 2 is 1.82 bits per heavy atom. The molecule has 142 valence electrons. The number of aromatic amines is 2. The summed E-state index contributed by atoms with van der Waals surface area (Å²) < 4.78 is 27.3. The van der Waals surface area contributed by atoms with Crippen LogP contribution >= 0.6 is 0 Å². The van der Waals surface area contributed by atoms with Crippen molar-refractivity contribution < 1.29 is 13.6 Å². The molecule has 0 saturated carbocycles. The predicted molar refractivity (Wildman–Crippen MR) is 98.9 cm³/mol. The van der Waals surface area contributed by atoms with E-state index >= 15 is 0 Å². The Hall–Kier alpha value is -3.62. The van der Waals surface area contributed by atoms with Gasteiger partial charge in [-0.15, -0.1) is 0 Å². The lowest BCUT2D eigenvalue weighted by molar-refractivity contribution is 0.0740. The second-order valence-corrected chi connectivity index (χ2v) is 6.51. The van der Waals surface area contributed by atoms with Crippen LogP contribution in [0.4, 0.5) is 8.78 Å². The average molecular weight is 383 g/mol. The Morgan fingerprint density at radius 1 is 1.11 bits per heavy atom. The summed E-state index contributed by atoms with van der Waals surface area (Å²) >= 11 is 0. The van der Waals surface area contributed by atoms with Crippen molar-refractivity contribution in [2.75, 3.05) is 7.05 Å². The fourth-order valence-electron chi connectivity index (χ4n) is 3.13. The summed E-state index contributed by atoms with van der Waals surface area (Å²) in [6.07, 6.45) is 1.65. The van der Waals surface area contributed by atoms with Crippen LogP contribution in [-0.2, 0) is 0 Å². The molecule has 2 N–H and O–H groups in total. The first-order valence-electron chi connectivity index (χ1n) is 8.44. The van der Waals surface area contributed by atoms with Gasteiger partial charge in [-0.3, -0.25) is 14.7 Å². The SMILES string of the molecule is CC(c1n[nH]c(=O)c2cc(F)c(F)cc12)N(C)C(=O)c1ccc2cn[nH]c2c1. The molecule has 0 fully saturated rings. The summed E-state index contributed by atoms with van der Waals surface area (Å²) in [4.78, 5) is 26.3. The Labute approximate surface area is 157 Å². The lowest BCUT2D eigenvalue weighted by Crippen LogP contribution is -2.31. The Balaban J connectivity index is 1.75. The maximum atomic E-state index is 13.8. The van der Waals surface area contributed by atoms with E-state index in [2.05, 4.69) is 20.4 Å². The van der Waals surface area contributed by atoms with Gasteiger partial charge in [0.15, 0.2) is 11.6 Å². The molecule has 2 heterocycles. The lowest BCUT2D eigenvalue weighted by Gasteiger charge is -2.25. The van der Waals surface area contributed by atoms with Crippen LogP contribution in [0.2, 0.25) is 0 Å². The van der Waals surface area contributed by atoms with Crippen LogP contribution in [0.15, 0.2) is 41.3 Å². The van der Waals surface area contributed by atoms with Crippen molar-refractivity contribution in [3.05, 3.63) is 69.8 Å². The zero-order chi connectivity index (χ0) is 20.0. The van der Waals surface area contributed by atoms with Gasteiger partial charge in [-0.1, -0.05) is 6.07 Å². The highest BCUT2D eigenvalue weighted by molar-refractivity contribution is 5.98. The van der Waals surface area contributed by atoms with Crippen LogP contribution in [0.25, 0.3) is 21.7 Å². The van der Waals surface area contributed by atoms with Crippen LogP contribution < -0.4 is 5.56 Å². The van der Waals surface area contributed by atoms with E-state index in [0.29, 0.717) is 5.56 Å². The topological polar surface area (TPSA) is 94.7 Å². The van der Waals surface area contributed by atoms with Gasteiger partial charge in [0, 0.05) is 23.4 Å². The van der Waals surface area contributed by atoms with Crippen molar-refractivity contribution in [2.24, 2.45) is 0 Å². The van der Waals surface area contributed by atoms with Gasteiger partial charge in [0.2, 0.25) is 0 Å². The highest BCUT2D eigenvalue weighted by Crippen LogP contribution is 2.26. The van der Waals surface area contributed by atoms with Crippen molar-refractivity contribution in [3.8, 4) is 0 Å². The maximum Gasteiger partial charge on any atom is 0.272 e. The number of nitrogens with zero attached hydrogens (tertiary/aromatic N) is 3.